The summed E-state index contributed by atoms with van der Waals surface area (Å²) in [5.41, 5.74) is 1.91. The first-order valence-corrected chi connectivity index (χ1v) is 8.44. The van der Waals surface area contributed by atoms with Gasteiger partial charge in [-0.1, -0.05) is 6.07 Å². The van der Waals surface area contributed by atoms with Gasteiger partial charge in [-0.2, -0.15) is 5.10 Å². The molecule has 1 aromatic carbocycles. The maximum atomic E-state index is 13.3. The summed E-state index contributed by atoms with van der Waals surface area (Å²) in [6, 6.07) is 8.27. The lowest BCUT2D eigenvalue weighted by molar-refractivity contribution is 0.248. The predicted molar refractivity (Wildman–Crippen MR) is 87.9 cm³/mol. The Morgan fingerprint density at radius 3 is 2.33 bits per heavy atom. The fraction of sp³-hybridized carbons (Fsp3) is 0.444. The van der Waals surface area contributed by atoms with E-state index >= 15 is 0 Å². The summed E-state index contributed by atoms with van der Waals surface area (Å²) in [5.74, 6) is -0.0275. The zero-order valence-corrected chi connectivity index (χ0v) is 13.5. The van der Waals surface area contributed by atoms with Crippen LogP contribution in [0.5, 0.6) is 0 Å². The molecule has 0 spiro atoms. The van der Waals surface area contributed by atoms with Crippen LogP contribution in [0.2, 0.25) is 0 Å². The molecule has 2 heterocycles. The molecule has 0 N–H and O–H groups in total. The van der Waals surface area contributed by atoms with Gasteiger partial charge in [-0.3, -0.25) is 4.90 Å². The van der Waals surface area contributed by atoms with E-state index in [4.69, 9.17) is 0 Å². The lowest BCUT2D eigenvalue weighted by Gasteiger charge is -2.35. The number of aromatic nitrogens is 2. The Hall–Kier alpha value is -2.08. The molecule has 1 saturated heterocycles. The maximum Gasteiger partial charge on any atom is 0.159 e. The van der Waals surface area contributed by atoms with Crippen LogP contribution in [0.3, 0.4) is 0 Å². The van der Waals surface area contributed by atoms with E-state index in [0.717, 1.165) is 43.3 Å². The highest BCUT2D eigenvalue weighted by Gasteiger charge is 2.26. The van der Waals surface area contributed by atoms with Crippen LogP contribution in [0.15, 0.2) is 30.3 Å². The standard InChI is InChI=1S/C18H20F2N4/c19-15-4-1-13(11-16(15)20)12-23-7-9-24(10-8-23)18-6-5-17(21-22-18)14-2-3-14/h1,4-6,11,14H,2-3,7-10,12H2. The zero-order chi connectivity index (χ0) is 16.5. The van der Waals surface area contributed by atoms with E-state index in [2.05, 4.69) is 32.1 Å². The van der Waals surface area contributed by atoms with Crippen molar-refractivity contribution in [3.63, 3.8) is 0 Å². The SMILES string of the molecule is Fc1ccc(CN2CCN(c3ccc(C4CC4)nn3)CC2)cc1F. The second-order valence-electron chi connectivity index (χ2n) is 6.60. The Bertz CT molecular complexity index is 707. The molecular weight excluding hydrogens is 310 g/mol. The normalized spacial score (nSPS) is 18.8. The van der Waals surface area contributed by atoms with Gasteiger partial charge in [-0.25, -0.2) is 8.78 Å². The molecule has 4 nitrogen and oxygen atoms in total. The minimum atomic E-state index is -0.795. The van der Waals surface area contributed by atoms with Crippen molar-refractivity contribution in [2.75, 3.05) is 31.1 Å². The monoisotopic (exact) mass is 330 g/mol. The van der Waals surface area contributed by atoms with E-state index in [1.807, 2.05) is 0 Å². The lowest BCUT2D eigenvalue weighted by atomic mass is 10.2. The summed E-state index contributed by atoms with van der Waals surface area (Å²) in [6.45, 7) is 4.09. The molecule has 2 aliphatic rings. The van der Waals surface area contributed by atoms with Crippen molar-refractivity contribution in [3.8, 4) is 0 Å². The van der Waals surface area contributed by atoms with Crippen molar-refractivity contribution in [1.29, 1.82) is 0 Å². The quantitative estimate of drug-likeness (QED) is 0.863. The van der Waals surface area contributed by atoms with E-state index in [1.54, 1.807) is 6.07 Å². The molecule has 2 aromatic rings. The van der Waals surface area contributed by atoms with E-state index in [1.165, 1.54) is 25.0 Å². The van der Waals surface area contributed by atoms with Crippen molar-refractivity contribution in [3.05, 3.63) is 53.2 Å². The molecule has 1 aliphatic heterocycles. The molecule has 0 bridgehead atoms. The first kappa shape index (κ1) is 15.4. The van der Waals surface area contributed by atoms with Crippen LogP contribution in [0, 0.1) is 11.6 Å². The molecule has 126 valence electrons. The molecular formula is C18H20F2N4. The summed E-state index contributed by atoms with van der Waals surface area (Å²) >= 11 is 0. The molecule has 0 atom stereocenters. The minimum Gasteiger partial charge on any atom is -0.353 e. The molecule has 1 aromatic heterocycles. The number of hydrogen-bond donors (Lipinski definition) is 0. The third-order valence-electron chi connectivity index (χ3n) is 4.75. The van der Waals surface area contributed by atoms with Crippen molar-refractivity contribution in [2.45, 2.75) is 25.3 Å². The summed E-state index contributed by atoms with van der Waals surface area (Å²) < 4.78 is 26.3. The number of rotatable bonds is 4. The molecule has 2 fully saturated rings. The van der Waals surface area contributed by atoms with Crippen LogP contribution in [0.25, 0.3) is 0 Å². The number of benzene rings is 1. The second kappa shape index (κ2) is 6.43. The van der Waals surface area contributed by atoms with Crippen molar-refractivity contribution < 1.29 is 8.78 Å². The largest absolute Gasteiger partial charge is 0.353 e. The van der Waals surface area contributed by atoms with Crippen LogP contribution in [0.4, 0.5) is 14.6 Å². The predicted octanol–water partition coefficient (Wildman–Crippen LogP) is 2.95. The van der Waals surface area contributed by atoms with Gasteiger partial charge in [0.15, 0.2) is 17.5 Å². The molecule has 0 amide bonds. The molecule has 0 radical (unpaired) electrons. The topological polar surface area (TPSA) is 32.3 Å². The van der Waals surface area contributed by atoms with Gasteiger partial charge in [0.2, 0.25) is 0 Å². The number of hydrogen-bond acceptors (Lipinski definition) is 4. The van der Waals surface area contributed by atoms with Crippen LogP contribution in [-0.2, 0) is 6.54 Å². The highest BCUT2D eigenvalue weighted by molar-refractivity contribution is 5.38. The molecule has 1 aliphatic carbocycles. The van der Waals surface area contributed by atoms with Crippen LogP contribution < -0.4 is 4.90 Å². The van der Waals surface area contributed by atoms with Crippen LogP contribution in [-0.4, -0.2) is 41.3 Å². The number of anilines is 1. The van der Waals surface area contributed by atoms with Gasteiger partial charge < -0.3 is 4.90 Å². The summed E-state index contributed by atoms with van der Waals surface area (Å²) in [5, 5.41) is 8.70. The van der Waals surface area contributed by atoms with Gasteiger partial charge in [0.1, 0.15) is 0 Å². The summed E-state index contributed by atoms with van der Waals surface area (Å²) in [7, 11) is 0. The highest BCUT2D eigenvalue weighted by atomic mass is 19.2. The fourth-order valence-electron chi connectivity index (χ4n) is 3.13. The first-order valence-electron chi connectivity index (χ1n) is 8.44. The average molecular weight is 330 g/mol. The van der Waals surface area contributed by atoms with E-state index in [-0.39, 0.29) is 0 Å². The fourth-order valence-corrected chi connectivity index (χ4v) is 3.13. The first-order chi connectivity index (χ1) is 11.7. The van der Waals surface area contributed by atoms with E-state index in [0.29, 0.717) is 12.5 Å². The highest BCUT2D eigenvalue weighted by Crippen LogP contribution is 2.38. The molecule has 24 heavy (non-hydrogen) atoms. The van der Waals surface area contributed by atoms with E-state index in [9.17, 15) is 8.78 Å². The number of nitrogens with zero attached hydrogens (tertiary/aromatic N) is 4. The smallest absolute Gasteiger partial charge is 0.159 e. The van der Waals surface area contributed by atoms with Gasteiger partial charge in [0.25, 0.3) is 0 Å². The van der Waals surface area contributed by atoms with Crippen LogP contribution >= 0.6 is 0 Å². The lowest BCUT2D eigenvalue weighted by Crippen LogP contribution is -2.46. The van der Waals surface area contributed by atoms with Gasteiger partial charge in [0.05, 0.1) is 5.69 Å². The summed E-state index contributed by atoms with van der Waals surface area (Å²) in [4.78, 5) is 4.47. The van der Waals surface area contributed by atoms with Crippen molar-refractivity contribution >= 4 is 5.82 Å². The zero-order valence-electron chi connectivity index (χ0n) is 13.5. The summed E-state index contributed by atoms with van der Waals surface area (Å²) in [6.07, 6.45) is 2.47. The molecule has 4 rings (SSSR count). The number of halogens is 2. The molecule has 1 saturated carbocycles. The second-order valence-corrected chi connectivity index (χ2v) is 6.60. The Morgan fingerprint density at radius 2 is 1.71 bits per heavy atom. The molecule has 6 heteroatoms. The van der Waals surface area contributed by atoms with Crippen LogP contribution in [0.1, 0.15) is 30.0 Å². The third-order valence-corrected chi connectivity index (χ3v) is 4.75. The Morgan fingerprint density at radius 1 is 0.917 bits per heavy atom. The van der Waals surface area contributed by atoms with Gasteiger partial charge in [-0.05, 0) is 42.7 Å². The van der Waals surface area contributed by atoms with Crippen molar-refractivity contribution in [2.24, 2.45) is 0 Å². The third kappa shape index (κ3) is 3.38. The Balaban J connectivity index is 1.33. The van der Waals surface area contributed by atoms with Gasteiger partial charge >= 0.3 is 0 Å². The maximum absolute atomic E-state index is 13.3. The van der Waals surface area contributed by atoms with Crippen molar-refractivity contribution in [1.82, 2.24) is 15.1 Å². The molecule has 0 unspecified atom stereocenters. The van der Waals surface area contributed by atoms with Gasteiger partial charge in [0, 0.05) is 38.6 Å². The van der Waals surface area contributed by atoms with Gasteiger partial charge in [-0.15, -0.1) is 5.10 Å². The number of piperazine rings is 1. The Kier molecular flexibility index (Phi) is 4.14. The van der Waals surface area contributed by atoms with E-state index < -0.39 is 11.6 Å². The average Bonchev–Trinajstić information content (AvgIpc) is 3.44. The minimum absolute atomic E-state index is 0.625. The Labute approximate surface area is 140 Å².